The van der Waals surface area contributed by atoms with Gasteiger partial charge in [0.25, 0.3) is 0 Å². The lowest BCUT2D eigenvalue weighted by molar-refractivity contribution is 0.630. The molecule has 4 rings (SSSR count). The van der Waals surface area contributed by atoms with Crippen molar-refractivity contribution in [2.24, 2.45) is 5.10 Å². The largest absolute Gasteiger partial charge is 0.323 e. The Kier molecular flexibility index (Phi) is 6.09. The van der Waals surface area contributed by atoms with E-state index in [1.165, 1.54) is 12.3 Å². The van der Waals surface area contributed by atoms with Crippen molar-refractivity contribution in [1.29, 1.82) is 0 Å². The monoisotopic (exact) mass is 433 g/mol. The summed E-state index contributed by atoms with van der Waals surface area (Å²) in [7, 11) is 0. The molecule has 31 heavy (non-hydrogen) atoms. The van der Waals surface area contributed by atoms with Crippen molar-refractivity contribution in [3.05, 3.63) is 89.0 Å². The molecule has 0 atom stereocenters. The zero-order valence-corrected chi connectivity index (χ0v) is 17.2. The van der Waals surface area contributed by atoms with Crippen molar-refractivity contribution < 1.29 is 4.39 Å². The summed E-state index contributed by atoms with van der Waals surface area (Å²) in [5.74, 6) is 0.0684. The maximum absolute atomic E-state index is 14.3. The number of aromatic nitrogens is 4. The van der Waals surface area contributed by atoms with Gasteiger partial charge in [0.2, 0.25) is 11.9 Å². The van der Waals surface area contributed by atoms with Crippen molar-refractivity contribution in [3.63, 3.8) is 0 Å². The number of pyridine rings is 1. The minimum absolute atomic E-state index is 0.154. The lowest BCUT2D eigenvalue weighted by Crippen LogP contribution is -2.06. The highest BCUT2D eigenvalue weighted by atomic mass is 35.5. The van der Waals surface area contributed by atoms with E-state index in [0.29, 0.717) is 10.8 Å². The van der Waals surface area contributed by atoms with Gasteiger partial charge in [0.05, 0.1) is 23.7 Å². The first kappa shape index (κ1) is 20.4. The summed E-state index contributed by atoms with van der Waals surface area (Å²) in [5.41, 5.74) is 5.71. The molecule has 0 spiro atoms. The fourth-order valence-corrected chi connectivity index (χ4v) is 2.75. The van der Waals surface area contributed by atoms with E-state index in [9.17, 15) is 4.39 Å². The van der Waals surface area contributed by atoms with Crippen LogP contribution in [0.2, 0.25) is 5.15 Å². The van der Waals surface area contributed by atoms with Gasteiger partial charge in [-0.05, 0) is 36.8 Å². The zero-order valence-electron chi connectivity index (χ0n) is 16.4. The molecule has 0 amide bonds. The van der Waals surface area contributed by atoms with Crippen molar-refractivity contribution in [2.45, 2.75) is 6.92 Å². The number of nitrogens with zero attached hydrogens (tertiary/aromatic N) is 5. The molecule has 0 radical (unpaired) electrons. The van der Waals surface area contributed by atoms with E-state index in [4.69, 9.17) is 11.6 Å². The normalized spacial score (nSPS) is 10.9. The van der Waals surface area contributed by atoms with E-state index in [2.05, 4.69) is 35.8 Å². The molecule has 0 unspecified atom stereocenters. The van der Waals surface area contributed by atoms with E-state index in [1.807, 2.05) is 31.2 Å². The van der Waals surface area contributed by atoms with Gasteiger partial charge >= 0.3 is 0 Å². The highest BCUT2D eigenvalue weighted by Crippen LogP contribution is 2.22. The molecule has 2 aromatic carbocycles. The molecule has 4 aromatic rings. The third-order valence-electron chi connectivity index (χ3n) is 4.19. The average Bonchev–Trinajstić information content (AvgIpc) is 2.77. The van der Waals surface area contributed by atoms with Gasteiger partial charge in [0, 0.05) is 0 Å². The summed E-state index contributed by atoms with van der Waals surface area (Å²) in [4.78, 5) is 17.0. The van der Waals surface area contributed by atoms with Gasteiger partial charge in [-0.3, -0.25) is 0 Å². The molecule has 0 fully saturated rings. The van der Waals surface area contributed by atoms with E-state index in [-0.39, 0.29) is 23.3 Å². The van der Waals surface area contributed by atoms with Gasteiger partial charge in [0.15, 0.2) is 5.82 Å². The van der Waals surface area contributed by atoms with Crippen LogP contribution in [0.4, 0.5) is 22.0 Å². The second kappa shape index (κ2) is 9.27. The van der Waals surface area contributed by atoms with Crippen LogP contribution in [0.15, 0.2) is 72.0 Å². The van der Waals surface area contributed by atoms with Crippen LogP contribution in [-0.2, 0) is 0 Å². The summed E-state index contributed by atoms with van der Waals surface area (Å²) < 4.78 is 14.3. The van der Waals surface area contributed by atoms with Gasteiger partial charge in [-0.25, -0.2) is 14.8 Å². The number of nitrogens with one attached hydrogen (secondary N) is 2. The second-order valence-electron chi connectivity index (χ2n) is 6.56. The fraction of sp³-hybridized carbons (Fsp3) is 0.0455. The topological polar surface area (TPSA) is 88.0 Å². The standard InChI is InChI=1S/C22H17ClFN7/c1-14-6-8-15(9-7-14)12-26-31-22-29-20(17-4-2-3-5-18(17)24)28-21(30-22)27-16-10-11-19(23)25-13-16/h2-13H,1H3,(H2,27,28,29,30,31)/b26-12+. The van der Waals surface area contributed by atoms with Crippen LogP contribution in [0.5, 0.6) is 0 Å². The lowest BCUT2D eigenvalue weighted by Gasteiger charge is -2.09. The summed E-state index contributed by atoms with van der Waals surface area (Å²) in [6.45, 7) is 2.01. The summed E-state index contributed by atoms with van der Waals surface area (Å²) >= 11 is 5.83. The number of hydrogen-bond donors (Lipinski definition) is 2. The number of aryl methyl sites for hydroxylation is 1. The molecule has 0 saturated heterocycles. The Labute approximate surface area is 183 Å². The highest BCUT2D eigenvalue weighted by molar-refractivity contribution is 6.29. The van der Waals surface area contributed by atoms with Gasteiger partial charge in [-0.1, -0.05) is 53.6 Å². The van der Waals surface area contributed by atoms with Crippen LogP contribution in [-0.4, -0.2) is 26.2 Å². The van der Waals surface area contributed by atoms with Gasteiger partial charge in [-0.2, -0.15) is 20.1 Å². The molecule has 0 aliphatic heterocycles. The average molecular weight is 434 g/mol. The Balaban J connectivity index is 1.64. The van der Waals surface area contributed by atoms with E-state index in [1.54, 1.807) is 36.5 Å². The Morgan fingerprint density at radius 1 is 0.935 bits per heavy atom. The SMILES string of the molecule is Cc1ccc(/C=N/Nc2nc(Nc3ccc(Cl)nc3)nc(-c3ccccc3F)n2)cc1. The van der Waals surface area contributed by atoms with Crippen LogP contribution < -0.4 is 10.7 Å². The third kappa shape index (κ3) is 5.37. The molecule has 2 aromatic heterocycles. The van der Waals surface area contributed by atoms with Crippen LogP contribution >= 0.6 is 11.6 Å². The van der Waals surface area contributed by atoms with E-state index < -0.39 is 5.82 Å². The Morgan fingerprint density at radius 3 is 2.45 bits per heavy atom. The Hall–Kier alpha value is -3.91. The first-order valence-electron chi connectivity index (χ1n) is 9.32. The summed E-state index contributed by atoms with van der Waals surface area (Å²) in [6, 6.07) is 17.5. The first-order valence-corrected chi connectivity index (χ1v) is 9.70. The fourth-order valence-electron chi connectivity index (χ4n) is 2.64. The number of anilines is 3. The number of hydrazone groups is 1. The molecule has 9 heteroatoms. The number of hydrogen-bond acceptors (Lipinski definition) is 7. The molecule has 0 saturated carbocycles. The Morgan fingerprint density at radius 2 is 1.71 bits per heavy atom. The molecule has 154 valence electrons. The van der Waals surface area contributed by atoms with Crippen LogP contribution in [0.3, 0.4) is 0 Å². The molecule has 2 N–H and O–H groups in total. The van der Waals surface area contributed by atoms with Crippen LogP contribution in [0, 0.1) is 12.7 Å². The van der Waals surface area contributed by atoms with Gasteiger partial charge < -0.3 is 5.32 Å². The van der Waals surface area contributed by atoms with E-state index in [0.717, 1.165) is 11.1 Å². The summed E-state index contributed by atoms with van der Waals surface area (Å²) in [6.07, 6.45) is 3.18. The molecule has 2 heterocycles. The van der Waals surface area contributed by atoms with Gasteiger partial charge in [0.1, 0.15) is 11.0 Å². The maximum Gasteiger partial charge on any atom is 0.248 e. The number of benzene rings is 2. The summed E-state index contributed by atoms with van der Waals surface area (Å²) in [5, 5.41) is 7.56. The molecular weight excluding hydrogens is 417 g/mol. The molecule has 0 aliphatic rings. The molecule has 0 aliphatic carbocycles. The lowest BCUT2D eigenvalue weighted by atomic mass is 10.2. The zero-order chi connectivity index (χ0) is 21.6. The quantitative estimate of drug-likeness (QED) is 0.246. The second-order valence-corrected chi connectivity index (χ2v) is 6.95. The van der Waals surface area contributed by atoms with Crippen molar-refractivity contribution in [1.82, 2.24) is 19.9 Å². The van der Waals surface area contributed by atoms with Crippen LogP contribution in [0.1, 0.15) is 11.1 Å². The molecule has 0 bridgehead atoms. The number of rotatable bonds is 6. The van der Waals surface area contributed by atoms with Crippen LogP contribution in [0.25, 0.3) is 11.4 Å². The number of halogens is 2. The third-order valence-corrected chi connectivity index (χ3v) is 4.41. The molecular formula is C22H17ClFN7. The van der Waals surface area contributed by atoms with Crippen molar-refractivity contribution >= 4 is 35.4 Å². The van der Waals surface area contributed by atoms with Gasteiger partial charge in [-0.15, -0.1) is 0 Å². The smallest absolute Gasteiger partial charge is 0.248 e. The highest BCUT2D eigenvalue weighted by Gasteiger charge is 2.12. The predicted octanol–water partition coefficient (Wildman–Crippen LogP) is 5.22. The maximum atomic E-state index is 14.3. The molecule has 7 nitrogen and oxygen atoms in total. The minimum atomic E-state index is -0.443. The van der Waals surface area contributed by atoms with Crippen molar-refractivity contribution in [3.8, 4) is 11.4 Å². The van der Waals surface area contributed by atoms with Crippen molar-refractivity contribution in [2.75, 3.05) is 10.7 Å². The minimum Gasteiger partial charge on any atom is -0.323 e. The Bertz CT molecular complexity index is 1210. The first-order chi connectivity index (χ1) is 15.1. The predicted molar refractivity (Wildman–Crippen MR) is 120 cm³/mol. The van der Waals surface area contributed by atoms with E-state index >= 15 is 0 Å².